The Labute approximate surface area is 187 Å². The van der Waals surface area contributed by atoms with E-state index in [1.54, 1.807) is 17.9 Å². The van der Waals surface area contributed by atoms with Crippen LogP contribution in [0.4, 0.5) is 11.4 Å². The summed E-state index contributed by atoms with van der Waals surface area (Å²) in [5.41, 5.74) is 3.63. The lowest BCUT2D eigenvalue weighted by atomic mass is 9.92. The minimum atomic E-state index is -1.02. The molecule has 1 N–H and O–H groups in total. The fourth-order valence-corrected chi connectivity index (χ4v) is 5.21. The van der Waals surface area contributed by atoms with Crippen molar-refractivity contribution in [1.82, 2.24) is 0 Å². The maximum absolute atomic E-state index is 13.8. The summed E-state index contributed by atoms with van der Waals surface area (Å²) in [5, 5.41) is 10.3. The van der Waals surface area contributed by atoms with Crippen LogP contribution in [0.3, 0.4) is 0 Å². The van der Waals surface area contributed by atoms with Crippen molar-refractivity contribution in [3.05, 3.63) is 92.4 Å². The van der Waals surface area contributed by atoms with Gasteiger partial charge in [-0.1, -0.05) is 57.9 Å². The molecule has 1 fully saturated rings. The average molecular weight is 483 g/mol. The van der Waals surface area contributed by atoms with Crippen LogP contribution in [-0.2, 0) is 10.2 Å². The fraction of sp³-hybridized carbons (Fsp3) is 0.167. The third-order valence-electron chi connectivity index (χ3n) is 6.26. The van der Waals surface area contributed by atoms with Gasteiger partial charge in [-0.2, -0.15) is 0 Å². The average Bonchev–Trinajstić information content (AvgIpc) is 3.42. The van der Waals surface area contributed by atoms with Crippen LogP contribution < -0.4 is 4.90 Å². The number of carboxylic acid groups (broad SMARTS) is 1. The van der Waals surface area contributed by atoms with Gasteiger partial charge in [-0.05, 0) is 60.4 Å². The number of amides is 1. The van der Waals surface area contributed by atoms with Crippen molar-refractivity contribution < 1.29 is 14.7 Å². The number of benzene rings is 3. The van der Waals surface area contributed by atoms with Crippen LogP contribution in [0.1, 0.15) is 39.4 Å². The van der Waals surface area contributed by atoms with Gasteiger partial charge in [-0.15, -0.1) is 0 Å². The van der Waals surface area contributed by atoms with Crippen molar-refractivity contribution in [1.29, 1.82) is 0 Å². The molecule has 30 heavy (non-hydrogen) atoms. The lowest BCUT2D eigenvalue weighted by molar-refractivity contribution is -0.119. The monoisotopic (exact) mass is 481 g/mol. The van der Waals surface area contributed by atoms with Gasteiger partial charge in [0.2, 0.25) is 5.91 Å². The van der Waals surface area contributed by atoms with Crippen LogP contribution in [0.2, 0.25) is 5.02 Å². The summed E-state index contributed by atoms with van der Waals surface area (Å²) < 4.78 is 0.661. The van der Waals surface area contributed by atoms with E-state index in [1.165, 1.54) is 0 Å². The molecule has 150 valence electrons. The van der Waals surface area contributed by atoms with Gasteiger partial charge in [0, 0.05) is 15.4 Å². The van der Waals surface area contributed by atoms with Gasteiger partial charge >= 0.3 is 5.97 Å². The van der Waals surface area contributed by atoms with Crippen molar-refractivity contribution in [2.45, 2.75) is 24.7 Å². The first-order valence-electron chi connectivity index (χ1n) is 9.57. The zero-order valence-corrected chi connectivity index (χ0v) is 18.4. The maximum Gasteiger partial charge on any atom is 0.336 e. The van der Waals surface area contributed by atoms with Gasteiger partial charge < -0.3 is 5.11 Å². The Kier molecular flexibility index (Phi) is 4.31. The van der Waals surface area contributed by atoms with Gasteiger partial charge in [0.05, 0.1) is 22.4 Å². The molecule has 0 bridgehead atoms. The minimum absolute atomic E-state index is 0.0178. The van der Waals surface area contributed by atoms with Gasteiger partial charge in [0.1, 0.15) is 0 Å². The van der Waals surface area contributed by atoms with Crippen LogP contribution in [0.15, 0.2) is 65.1 Å². The Hall–Kier alpha value is -2.63. The molecule has 1 amide bonds. The van der Waals surface area contributed by atoms with Crippen molar-refractivity contribution in [3.8, 4) is 0 Å². The normalized spacial score (nSPS) is 21.8. The zero-order chi connectivity index (χ0) is 21.2. The molecular weight excluding hydrogens is 466 g/mol. The highest BCUT2D eigenvalue weighted by Crippen LogP contribution is 2.67. The van der Waals surface area contributed by atoms with Crippen molar-refractivity contribution in [2.75, 3.05) is 4.90 Å². The number of nitrogens with zero attached hydrogens (tertiary/aromatic N) is 1. The second kappa shape index (κ2) is 6.69. The summed E-state index contributed by atoms with van der Waals surface area (Å²) in [5.74, 6) is -0.966. The van der Waals surface area contributed by atoms with Crippen molar-refractivity contribution in [3.63, 3.8) is 0 Å². The third kappa shape index (κ3) is 2.65. The number of fused-ring (bicyclic) bond motifs is 2. The summed E-state index contributed by atoms with van der Waals surface area (Å²) in [6.45, 7) is 1.75. The van der Waals surface area contributed by atoms with E-state index in [0.29, 0.717) is 20.7 Å². The van der Waals surface area contributed by atoms with Gasteiger partial charge in [0.15, 0.2) is 0 Å². The van der Waals surface area contributed by atoms with E-state index >= 15 is 0 Å². The van der Waals surface area contributed by atoms with E-state index in [-0.39, 0.29) is 17.4 Å². The SMILES string of the molecule is Cc1c(Br)cc(N2C(=O)[C@@]3(C[C@@H]3c3ccc(Cl)cc3)c3ccccc32)cc1C(=O)O. The molecule has 2 atom stereocenters. The first-order chi connectivity index (χ1) is 14.3. The van der Waals surface area contributed by atoms with Crippen LogP contribution in [0.25, 0.3) is 0 Å². The highest BCUT2D eigenvalue weighted by molar-refractivity contribution is 9.10. The number of rotatable bonds is 3. The van der Waals surface area contributed by atoms with Crippen LogP contribution in [-0.4, -0.2) is 17.0 Å². The van der Waals surface area contributed by atoms with Crippen LogP contribution in [0, 0.1) is 6.92 Å². The quantitative estimate of drug-likeness (QED) is 0.483. The molecule has 2 aliphatic rings. The van der Waals surface area contributed by atoms with E-state index in [2.05, 4.69) is 15.9 Å². The van der Waals surface area contributed by atoms with E-state index in [9.17, 15) is 14.7 Å². The predicted molar refractivity (Wildman–Crippen MR) is 120 cm³/mol. The lowest BCUT2D eigenvalue weighted by Gasteiger charge is -2.20. The molecule has 1 spiro atoms. The summed E-state index contributed by atoms with van der Waals surface area (Å²) >= 11 is 9.50. The summed E-state index contributed by atoms with van der Waals surface area (Å²) in [6, 6.07) is 18.8. The van der Waals surface area contributed by atoms with Gasteiger partial charge in [-0.25, -0.2) is 4.79 Å². The number of hydrogen-bond donors (Lipinski definition) is 1. The molecule has 5 rings (SSSR count). The van der Waals surface area contributed by atoms with Crippen molar-refractivity contribution >= 4 is 50.8 Å². The lowest BCUT2D eigenvalue weighted by Crippen LogP contribution is -2.29. The van der Waals surface area contributed by atoms with Gasteiger partial charge in [-0.3, -0.25) is 9.69 Å². The summed E-state index contributed by atoms with van der Waals surface area (Å²) in [4.78, 5) is 27.2. The molecule has 3 aromatic rings. The Bertz CT molecular complexity index is 1220. The highest BCUT2D eigenvalue weighted by Gasteiger charge is 2.67. The second-order valence-electron chi connectivity index (χ2n) is 7.84. The molecule has 1 saturated carbocycles. The molecule has 0 unspecified atom stereocenters. The Morgan fingerprint density at radius 2 is 1.87 bits per heavy atom. The molecule has 1 heterocycles. The molecule has 1 aliphatic heterocycles. The predicted octanol–water partition coefficient (Wildman–Crippen LogP) is 6.21. The summed E-state index contributed by atoms with van der Waals surface area (Å²) in [6.07, 6.45) is 0.722. The molecule has 0 aromatic heterocycles. The van der Waals surface area contributed by atoms with Crippen LogP contribution >= 0.6 is 27.5 Å². The Morgan fingerprint density at radius 3 is 2.57 bits per heavy atom. The van der Waals surface area contributed by atoms with E-state index < -0.39 is 11.4 Å². The number of carboxylic acids is 1. The number of anilines is 2. The van der Waals surface area contributed by atoms with Crippen LogP contribution in [0.5, 0.6) is 0 Å². The smallest absolute Gasteiger partial charge is 0.336 e. The Morgan fingerprint density at radius 1 is 1.17 bits per heavy atom. The maximum atomic E-state index is 13.8. The zero-order valence-electron chi connectivity index (χ0n) is 16.0. The summed E-state index contributed by atoms with van der Waals surface area (Å²) in [7, 11) is 0. The van der Waals surface area contributed by atoms with E-state index in [4.69, 9.17) is 11.6 Å². The first-order valence-corrected chi connectivity index (χ1v) is 10.7. The number of hydrogen-bond acceptors (Lipinski definition) is 2. The number of halogens is 2. The largest absolute Gasteiger partial charge is 0.478 e. The number of para-hydroxylation sites is 1. The van der Waals surface area contributed by atoms with Crippen molar-refractivity contribution in [2.24, 2.45) is 0 Å². The molecule has 0 saturated heterocycles. The number of carbonyl (C=O) groups is 2. The first kappa shape index (κ1) is 19.3. The molecule has 0 radical (unpaired) electrons. The highest BCUT2D eigenvalue weighted by atomic mass is 79.9. The van der Waals surface area contributed by atoms with E-state index in [1.807, 2.05) is 54.6 Å². The molecule has 6 heteroatoms. The standard InChI is InChI=1S/C24H17BrClNO3/c1-13-17(22(28)29)10-16(11-20(13)25)27-21-5-3-2-4-18(21)24(23(27)30)12-19(24)14-6-8-15(26)9-7-14/h2-11,19H,12H2,1H3,(H,28,29)/t19-,24+/m1/s1. The number of carbonyl (C=O) groups excluding carboxylic acids is 1. The number of aromatic carboxylic acids is 1. The fourth-order valence-electron chi connectivity index (χ4n) is 4.64. The van der Waals surface area contributed by atoms with Gasteiger partial charge in [0.25, 0.3) is 0 Å². The Balaban J connectivity index is 1.64. The molecular formula is C24H17BrClNO3. The molecule has 4 nitrogen and oxygen atoms in total. The topological polar surface area (TPSA) is 57.6 Å². The second-order valence-corrected chi connectivity index (χ2v) is 9.13. The molecule has 3 aromatic carbocycles. The third-order valence-corrected chi connectivity index (χ3v) is 7.34. The molecule has 1 aliphatic carbocycles. The minimum Gasteiger partial charge on any atom is -0.478 e. The van der Waals surface area contributed by atoms with E-state index in [0.717, 1.165) is 23.2 Å².